The summed E-state index contributed by atoms with van der Waals surface area (Å²) in [5, 5.41) is 6.96. The first kappa shape index (κ1) is 14.5. The van der Waals surface area contributed by atoms with E-state index in [0.717, 1.165) is 6.92 Å². The van der Waals surface area contributed by atoms with Crippen LogP contribution in [0.25, 0.3) is 0 Å². The fourth-order valence-electron chi connectivity index (χ4n) is 0.438. The summed E-state index contributed by atoms with van der Waals surface area (Å²) in [5.74, 6) is -1.70. The molecule has 4 nitrogen and oxygen atoms in total. The molecular weight excluding hydrogens is 227 g/mol. The Bertz CT molecular complexity index is 236. The minimum atomic E-state index is -3.54. The zero-order valence-electron chi connectivity index (χ0n) is 6.36. The molecule has 0 rings (SSSR count). The number of carboxylic acids is 1. The van der Waals surface area contributed by atoms with Crippen LogP contribution in [0.5, 0.6) is 0 Å². The van der Waals surface area contributed by atoms with Crippen LogP contribution in [0.2, 0.25) is 0 Å². The zero-order valence-corrected chi connectivity index (χ0v) is 8.75. The SMILES string of the molecule is CC(C(=O)O)S(=O)(=O)CCCl.Cl. The molecule has 0 heterocycles. The Balaban J connectivity index is 0. The fourth-order valence-corrected chi connectivity index (χ4v) is 1.96. The van der Waals surface area contributed by atoms with Crippen LogP contribution in [0.3, 0.4) is 0 Å². The molecule has 0 aliphatic rings. The van der Waals surface area contributed by atoms with Crippen LogP contribution in [0.15, 0.2) is 0 Å². The summed E-state index contributed by atoms with van der Waals surface area (Å²) in [7, 11) is -3.54. The smallest absolute Gasteiger partial charge is 0.321 e. The van der Waals surface area contributed by atoms with Gasteiger partial charge in [0.1, 0.15) is 0 Å². The van der Waals surface area contributed by atoms with E-state index in [1.54, 1.807) is 0 Å². The Kier molecular flexibility index (Phi) is 6.79. The highest BCUT2D eigenvalue weighted by atomic mass is 35.5. The molecule has 1 N–H and O–H groups in total. The molecule has 0 aromatic carbocycles. The highest BCUT2D eigenvalue weighted by molar-refractivity contribution is 7.92. The van der Waals surface area contributed by atoms with E-state index >= 15 is 0 Å². The van der Waals surface area contributed by atoms with Gasteiger partial charge in [0.05, 0.1) is 5.75 Å². The lowest BCUT2D eigenvalue weighted by Gasteiger charge is -2.05. The van der Waals surface area contributed by atoms with E-state index in [-0.39, 0.29) is 24.0 Å². The maximum atomic E-state index is 10.9. The second-order valence-electron chi connectivity index (χ2n) is 2.04. The number of hydrogen-bond donors (Lipinski definition) is 1. The number of aliphatic carboxylic acids is 1. The molecular formula is C5H10Cl2O4S. The molecule has 0 saturated carbocycles. The van der Waals surface area contributed by atoms with Crippen molar-refractivity contribution in [3.8, 4) is 0 Å². The number of carboxylic acid groups (broad SMARTS) is 1. The van der Waals surface area contributed by atoms with Gasteiger partial charge in [-0.3, -0.25) is 4.79 Å². The Morgan fingerprint density at radius 3 is 2.25 bits per heavy atom. The number of carbonyl (C=O) groups is 1. The maximum absolute atomic E-state index is 10.9. The van der Waals surface area contributed by atoms with Crippen LogP contribution in [-0.4, -0.2) is 36.4 Å². The van der Waals surface area contributed by atoms with Crippen molar-refractivity contribution in [2.24, 2.45) is 0 Å². The maximum Gasteiger partial charge on any atom is 0.321 e. The molecule has 12 heavy (non-hydrogen) atoms. The molecule has 7 heteroatoms. The van der Waals surface area contributed by atoms with Gasteiger partial charge in [-0.1, -0.05) is 0 Å². The fraction of sp³-hybridized carbons (Fsp3) is 0.800. The summed E-state index contributed by atoms with van der Waals surface area (Å²) < 4.78 is 21.8. The molecule has 0 spiro atoms. The second-order valence-corrected chi connectivity index (χ2v) is 4.86. The molecule has 0 radical (unpaired) electrons. The number of rotatable bonds is 4. The summed E-state index contributed by atoms with van der Waals surface area (Å²) in [6.07, 6.45) is 0. The van der Waals surface area contributed by atoms with E-state index in [1.807, 2.05) is 0 Å². The Labute approximate surface area is 82.2 Å². The molecule has 1 unspecified atom stereocenters. The molecule has 0 saturated heterocycles. The van der Waals surface area contributed by atoms with Crippen molar-refractivity contribution in [1.82, 2.24) is 0 Å². The van der Waals surface area contributed by atoms with Crippen LogP contribution in [0, 0.1) is 0 Å². The molecule has 0 aromatic heterocycles. The lowest BCUT2D eigenvalue weighted by Crippen LogP contribution is -2.29. The van der Waals surface area contributed by atoms with Crippen molar-refractivity contribution in [2.75, 3.05) is 11.6 Å². The molecule has 0 fully saturated rings. The molecule has 0 aliphatic carbocycles. The quantitative estimate of drug-likeness (QED) is 0.724. The van der Waals surface area contributed by atoms with E-state index in [2.05, 4.69) is 0 Å². The second kappa shape index (κ2) is 5.61. The third-order valence-electron chi connectivity index (χ3n) is 1.25. The first-order chi connectivity index (χ1) is 4.91. The Morgan fingerprint density at radius 1 is 1.58 bits per heavy atom. The average molecular weight is 237 g/mol. The van der Waals surface area contributed by atoms with Gasteiger partial charge >= 0.3 is 5.97 Å². The molecule has 0 aliphatic heterocycles. The van der Waals surface area contributed by atoms with E-state index < -0.39 is 21.1 Å². The zero-order chi connectivity index (χ0) is 9.07. The number of alkyl halides is 1. The molecule has 0 aromatic rings. The van der Waals surface area contributed by atoms with E-state index in [0.29, 0.717) is 0 Å². The first-order valence-electron chi connectivity index (χ1n) is 2.92. The topological polar surface area (TPSA) is 71.4 Å². The van der Waals surface area contributed by atoms with Gasteiger partial charge in [0, 0.05) is 5.88 Å². The third kappa shape index (κ3) is 4.13. The summed E-state index contributed by atoms with van der Waals surface area (Å²) in [4.78, 5) is 10.2. The monoisotopic (exact) mass is 236 g/mol. The highest BCUT2D eigenvalue weighted by Crippen LogP contribution is 2.02. The van der Waals surface area contributed by atoms with Gasteiger partial charge in [0.2, 0.25) is 0 Å². The van der Waals surface area contributed by atoms with E-state index in [1.165, 1.54) is 0 Å². The largest absolute Gasteiger partial charge is 0.480 e. The van der Waals surface area contributed by atoms with Gasteiger partial charge in [-0.15, -0.1) is 24.0 Å². The number of sulfone groups is 1. The van der Waals surface area contributed by atoms with Gasteiger partial charge < -0.3 is 5.11 Å². The highest BCUT2D eigenvalue weighted by Gasteiger charge is 2.26. The van der Waals surface area contributed by atoms with Crippen molar-refractivity contribution in [1.29, 1.82) is 0 Å². The van der Waals surface area contributed by atoms with Crippen molar-refractivity contribution < 1.29 is 18.3 Å². The van der Waals surface area contributed by atoms with Crippen molar-refractivity contribution in [3.63, 3.8) is 0 Å². The Hall–Kier alpha value is -0.000000000000000111. The minimum absolute atomic E-state index is 0. The summed E-state index contributed by atoms with van der Waals surface area (Å²) >= 11 is 5.16. The van der Waals surface area contributed by atoms with Gasteiger partial charge in [0.25, 0.3) is 0 Å². The normalized spacial score (nSPS) is 13.2. The van der Waals surface area contributed by atoms with Crippen LogP contribution < -0.4 is 0 Å². The predicted molar refractivity (Wildman–Crippen MR) is 48.9 cm³/mol. The van der Waals surface area contributed by atoms with Gasteiger partial charge in [-0.05, 0) is 6.92 Å². The van der Waals surface area contributed by atoms with Gasteiger partial charge in [-0.25, -0.2) is 8.42 Å². The van der Waals surface area contributed by atoms with Crippen molar-refractivity contribution in [3.05, 3.63) is 0 Å². The minimum Gasteiger partial charge on any atom is -0.480 e. The third-order valence-corrected chi connectivity index (χ3v) is 3.71. The first-order valence-corrected chi connectivity index (χ1v) is 5.17. The van der Waals surface area contributed by atoms with Crippen molar-refractivity contribution >= 4 is 39.8 Å². The average Bonchev–Trinajstić information content (AvgIpc) is 1.86. The lowest BCUT2D eigenvalue weighted by molar-refractivity contribution is -0.136. The summed E-state index contributed by atoms with van der Waals surface area (Å²) in [6, 6.07) is 0. The molecule has 74 valence electrons. The van der Waals surface area contributed by atoms with Gasteiger partial charge in [0.15, 0.2) is 15.1 Å². The summed E-state index contributed by atoms with van der Waals surface area (Å²) in [6.45, 7) is 1.13. The van der Waals surface area contributed by atoms with Gasteiger partial charge in [-0.2, -0.15) is 0 Å². The van der Waals surface area contributed by atoms with Crippen molar-refractivity contribution in [2.45, 2.75) is 12.2 Å². The Morgan fingerprint density at radius 2 is 2.00 bits per heavy atom. The molecule has 1 atom stereocenters. The van der Waals surface area contributed by atoms with Crippen LogP contribution >= 0.6 is 24.0 Å². The van der Waals surface area contributed by atoms with Crippen LogP contribution in [-0.2, 0) is 14.6 Å². The predicted octanol–water partition coefficient (Wildman–Crippen LogP) is 0.535. The lowest BCUT2D eigenvalue weighted by atomic mass is 10.5. The van der Waals surface area contributed by atoms with E-state index in [9.17, 15) is 13.2 Å². The van der Waals surface area contributed by atoms with Crippen LogP contribution in [0.1, 0.15) is 6.92 Å². The number of halogens is 2. The standard InChI is InChI=1S/C5H9ClO4S.ClH/c1-4(5(7)8)11(9,10)3-2-6;/h4H,2-3H2,1H3,(H,7,8);1H. The molecule has 0 amide bonds. The molecule has 0 bridgehead atoms. The number of hydrogen-bond acceptors (Lipinski definition) is 3. The van der Waals surface area contributed by atoms with E-state index in [4.69, 9.17) is 16.7 Å². The summed E-state index contributed by atoms with van der Waals surface area (Å²) in [5.41, 5.74) is 0. The van der Waals surface area contributed by atoms with Crippen LogP contribution in [0.4, 0.5) is 0 Å².